The third kappa shape index (κ3) is 7.20. The molecule has 0 aliphatic carbocycles. The number of hydrogen-bond donors (Lipinski definition) is 3. The largest absolute Gasteiger partial charge is 0.358 e. The highest BCUT2D eigenvalue weighted by atomic mass is 32.1. The molecule has 0 radical (unpaired) electrons. The number of rotatable bonds is 3. The summed E-state index contributed by atoms with van der Waals surface area (Å²) in [6.45, 7) is 3.84. The van der Waals surface area contributed by atoms with Crippen molar-refractivity contribution in [1.82, 2.24) is 16.1 Å². The van der Waals surface area contributed by atoms with E-state index in [4.69, 9.17) is 12.2 Å². The standard InChI is InChI=1S/C7H14N4OS/c1-5(2)10-11-7(13)9-4-6(12)8-3/h4H2,1-3H3,(H,8,12)(H2,9,11,13). The lowest BCUT2D eigenvalue weighted by atomic mass is 10.5. The molecule has 0 aliphatic rings. The highest BCUT2D eigenvalue weighted by molar-refractivity contribution is 7.80. The quantitative estimate of drug-likeness (QED) is 0.331. The molecule has 3 N–H and O–H groups in total. The lowest BCUT2D eigenvalue weighted by Gasteiger charge is -2.05. The lowest BCUT2D eigenvalue weighted by molar-refractivity contribution is -0.119. The highest BCUT2D eigenvalue weighted by Crippen LogP contribution is 1.72. The molecule has 0 rings (SSSR count). The summed E-state index contributed by atoms with van der Waals surface area (Å²) in [6.07, 6.45) is 0. The molecule has 5 nitrogen and oxygen atoms in total. The van der Waals surface area contributed by atoms with E-state index in [1.54, 1.807) is 7.05 Å². The van der Waals surface area contributed by atoms with E-state index in [1.165, 1.54) is 0 Å². The minimum atomic E-state index is -0.124. The average Bonchev–Trinajstić information content (AvgIpc) is 2.10. The number of nitrogens with zero attached hydrogens (tertiary/aromatic N) is 1. The number of thiocarbonyl (C=S) groups is 1. The van der Waals surface area contributed by atoms with Crippen LogP contribution in [0.3, 0.4) is 0 Å². The highest BCUT2D eigenvalue weighted by Gasteiger charge is 1.97. The maximum Gasteiger partial charge on any atom is 0.239 e. The molecule has 0 bridgehead atoms. The molecular formula is C7H14N4OS. The van der Waals surface area contributed by atoms with Crippen molar-refractivity contribution in [3.8, 4) is 0 Å². The van der Waals surface area contributed by atoms with Crippen LogP contribution in [0.15, 0.2) is 5.10 Å². The van der Waals surface area contributed by atoms with Crippen LogP contribution in [0.4, 0.5) is 0 Å². The molecule has 13 heavy (non-hydrogen) atoms. The van der Waals surface area contributed by atoms with Crippen LogP contribution in [-0.4, -0.2) is 30.3 Å². The second kappa shape index (κ2) is 6.36. The predicted molar refractivity (Wildman–Crippen MR) is 56.6 cm³/mol. The molecule has 1 amide bonds. The Balaban J connectivity index is 3.64. The summed E-state index contributed by atoms with van der Waals surface area (Å²) in [4.78, 5) is 10.8. The Morgan fingerprint density at radius 2 is 2.08 bits per heavy atom. The number of nitrogens with one attached hydrogen (secondary N) is 3. The number of carbonyl (C=O) groups excluding carboxylic acids is 1. The van der Waals surface area contributed by atoms with Crippen molar-refractivity contribution in [2.45, 2.75) is 13.8 Å². The molecule has 0 heterocycles. The maximum atomic E-state index is 10.8. The smallest absolute Gasteiger partial charge is 0.239 e. The molecule has 0 spiro atoms. The van der Waals surface area contributed by atoms with Crippen molar-refractivity contribution in [3.63, 3.8) is 0 Å². The number of carbonyl (C=O) groups is 1. The van der Waals surface area contributed by atoms with E-state index < -0.39 is 0 Å². The Bertz CT molecular complexity index is 223. The Labute approximate surface area is 83.0 Å². The van der Waals surface area contributed by atoms with Crippen molar-refractivity contribution in [2.75, 3.05) is 13.6 Å². The van der Waals surface area contributed by atoms with Crippen LogP contribution in [0.1, 0.15) is 13.8 Å². The normalized spacial score (nSPS) is 8.54. The first-order valence-electron chi connectivity index (χ1n) is 3.81. The van der Waals surface area contributed by atoms with Gasteiger partial charge in [-0.1, -0.05) is 0 Å². The minimum Gasteiger partial charge on any atom is -0.358 e. The summed E-state index contributed by atoms with van der Waals surface area (Å²) in [5, 5.41) is 9.35. The van der Waals surface area contributed by atoms with Gasteiger partial charge in [0.25, 0.3) is 0 Å². The summed E-state index contributed by atoms with van der Waals surface area (Å²) in [5.74, 6) is -0.124. The first kappa shape index (κ1) is 11.8. The SMILES string of the molecule is CNC(=O)CNC(=S)NN=C(C)C. The second-order valence-electron chi connectivity index (χ2n) is 2.53. The van der Waals surface area contributed by atoms with Crippen LogP contribution in [0.5, 0.6) is 0 Å². The average molecular weight is 202 g/mol. The first-order valence-corrected chi connectivity index (χ1v) is 4.22. The third-order valence-electron chi connectivity index (χ3n) is 1.07. The molecule has 0 aromatic carbocycles. The van der Waals surface area contributed by atoms with Crippen LogP contribution in [0.2, 0.25) is 0 Å². The van der Waals surface area contributed by atoms with Gasteiger partial charge in [-0.3, -0.25) is 10.2 Å². The Kier molecular flexibility index (Phi) is 5.79. The van der Waals surface area contributed by atoms with Crippen molar-refractivity contribution in [3.05, 3.63) is 0 Å². The van der Waals surface area contributed by atoms with Gasteiger partial charge in [-0.25, -0.2) is 0 Å². The number of hydrogen-bond acceptors (Lipinski definition) is 3. The Hall–Kier alpha value is -1.17. The fourth-order valence-electron chi connectivity index (χ4n) is 0.451. The van der Waals surface area contributed by atoms with Gasteiger partial charge in [0.2, 0.25) is 5.91 Å². The molecule has 0 fully saturated rings. The first-order chi connectivity index (χ1) is 6.06. The molecular weight excluding hydrogens is 188 g/mol. The summed E-state index contributed by atoms with van der Waals surface area (Å²) in [5.41, 5.74) is 3.45. The minimum absolute atomic E-state index is 0.124. The second-order valence-corrected chi connectivity index (χ2v) is 2.93. The maximum absolute atomic E-state index is 10.8. The van der Waals surface area contributed by atoms with E-state index >= 15 is 0 Å². The van der Waals surface area contributed by atoms with Crippen molar-refractivity contribution in [1.29, 1.82) is 0 Å². The number of likely N-dealkylation sites (N-methyl/N-ethyl adjacent to an activating group) is 1. The summed E-state index contributed by atoms with van der Waals surface area (Å²) >= 11 is 4.83. The van der Waals surface area contributed by atoms with Crippen molar-refractivity contribution < 1.29 is 4.79 Å². The molecule has 0 saturated heterocycles. The van der Waals surface area contributed by atoms with Crippen molar-refractivity contribution >= 4 is 28.9 Å². The molecule has 0 unspecified atom stereocenters. The number of hydrazone groups is 1. The van der Waals surface area contributed by atoms with Crippen LogP contribution in [0, 0.1) is 0 Å². The van der Waals surface area contributed by atoms with Crippen LogP contribution < -0.4 is 16.1 Å². The third-order valence-corrected chi connectivity index (χ3v) is 1.31. The number of amides is 1. The molecule has 6 heteroatoms. The molecule has 74 valence electrons. The van der Waals surface area contributed by atoms with Gasteiger partial charge in [-0.05, 0) is 26.1 Å². The van der Waals surface area contributed by atoms with Crippen LogP contribution >= 0.6 is 12.2 Å². The Morgan fingerprint density at radius 3 is 2.54 bits per heavy atom. The van der Waals surface area contributed by atoms with Gasteiger partial charge in [0.05, 0.1) is 6.54 Å². The predicted octanol–water partition coefficient (Wildman–Crippen LogP) is -0.408. The van der Waals surface area contributed by atoms with Gasteiger partial charge in [-0.15, -0.1) is 0 Å². The van der Waals surface area contributed by atoms with Gasteiger partial charge < -0.3 is 10.6 Å². The van der Waals surface area contributed by atoms with Gasteiger partial charge >= 0.3 is 0 Å². The molecule has 0 aromatic heterocycles. The zero-order chi connectivity index (χ0) is 10.3. The van der Waals surface area contributed by atoms with E-state index in [0.717, 1.165) is 5.71 Å². The van der Waals surface area contributed by atoms with E-state index in [-0.39, 0.29) is 12.5 Å². The summed E-state index contributed by atoms with van der Waals surface area (Å²) < 4.78 is 0. The zero-order valence-corrected chi connectivity index (χ0v) is 8.79. The molecule has 0 atom stereocenters. The summed E-state index contributed by atoms with van der Waals surface area (Å²) in [7, 11) is 1.56. The fraction of sp³-hybridized carbons (Fsp3) is 0.571. The van der Waals surface area contributed by atoms with E-state index in [2.05, 4.69) is 21.2 Å². The van der Waals surface area contributed by atoms with E-state index in [0.29, 0.717) is 5.11 Å². The van der Waals surface area contributed by atoms with Gasteiger partial charge in [0, 0.05) is 12.8 Å². The van der Waals surface area contributed by atoms with Gasteiger partial charge in [-0.2, -0.15) is 5.10 Å². The van der Waals surface area contributed by atoms with E-state index in [9.17, 15) is 4.79 Å². The van der Waals surface area contributed by atoms with E-state index in [1.807, 2.05) is 13.8 Å². The zero-order valence-electron chi connectivity index (χ0n) is 7.97. The van der Waals surface area contributed by atoms with Gasteiger partial charge in [0.15, 0.2) is 5.11 Å². The fourth-order valence-corrected chi connectivity index (χ4v) is 0.569. The lowest BCUT2D eigenvalue weighted by Crippen LogP contribution is -2.39. The van der Waals surface area contributed by atoms with Crippen LogP contribution in [-0.2, 0) is 4.79 Å². The van der Waals surface area contributed by atoms with Crippen molar-refractivity contribution in [2.24, 2.45) is 5.10 Å². The molecule has 0 aliphatic heterocycles. The molecule has 0 saturated carbocycles. The monoisotopic (exact) mass is 202 g/mol. The topological polar surface area (TPSA) is 65.5 Å². The Morgan fingerprint density at radius 1 is 1.46 bits per heavy atom. The van der Waals surface area contributed by atoms with Crippen LogP contribution in [0.25, 0.3) is 0 Å². The van der Waals surface area contributed by atoms with Gasteiger partial charge in [0.1, 0.15) is 0 Å². The summed E-state index contributed by atoms with van der Waals surface area (Å²) in [6, 6.07) is 0. The molecule has 0 aromatic rings.